The van der Waals surface area contributed by atoms with Gasteiger partial charge in [-0.2, -0.15) is 5.26 Å². The summed E-state index contributed by atoms with van der Waals surface area (Å²) in [5, 5.41) is 22.6. The van der Waals surface area contributed by atoms with Crippen molar-refractivity contribution in [2.45, 2.75) is 25.8 Å². The Morgan fingerprint density at radius 2 is 2.43 bits per heavy atom. The van der Waals surface area contributed by atoms with Crippen LogP contribution in [0.15, 0.2) is 12.3 Å². The van der Waals surface area contributed by atoms with Crippen molar-refractivity contribution in [2.75, 3.05) is 0 Å². The second kappa shape index (κ2) is 4.97. The van der Waals surface area contributed by atoms with Gasteiger partial charge in [0.2, 0.25) is 0 Å². The molecule has 1 aromatic rings. The summed E-state index contributed by atoms with van der Waals surface area (Å²) in [6.45, 7) is 0.491. The monoisotopic (exact) mass is 194 g/mol. The van der Waals surface area contributed by atoms with E-state index in [2.05, 4.69) is 5.10 Å². The largest absolute Gasteiger partial charge is 0.358 e. The Morgan fingerprint density at radius 3 is 3.07 bits per heavy atom. The van der Waals surface area contributed by atoms with Crippen molar-refractivity contribution >= 4 is 5.82 Å². The topological polar surface area (TPSA) is 84.8 Å². The molecule has 14 heavy (non-hydrogen) atoms. The van der Waals surface area contributed by atoms with Crippen molar-refractivity contribution < 1.29 is 4.92 Å². The summed E-state index contributed by atoms with van der Waals surface area (Å²) in [5.74, 6) is 0.00181. The standard InChI is InChI=1S/C8H10N4O2/c9-5-2-1-3-7-11-8(12(13)14)4-6-10-11/h4,6H,1-3,7H2. The quantitative estimate of drug-likeness (QED) is 0.403. The summed E-state index contributed by atoms with van der Waals surface area (Å²) in [5.41, 5.74) is 0. The van der Waals surface area contributed by atoms with Crippen LogP contribution in [0.3, 0.4) is 0 Å². The lowest BCUT2D eigenvalue weighted by atomic mass is 10.2. The van der Waals surface area contributed by atoms with E-state index >= 15 is 0 Å². The fourth-order valence-corrected chi connectivity index (χ4v) is 1.12. The normalized spacial score (nSPS) is 9.64. The molecule has 0 amide bonds. The number of nitriles is 1. The summed E-state index contributed by atoms with van der Waals surface area (Å²) >= 11 is 0. The van der Waals surface area contributed by atoms with E-state index in [1.807, 2.05) is 6.07 Å². The first-order valence-electron chi connectivity index (χ1n) is 4.29. The van der Waals surface area contributed by atoms with Crippen molar-refractivity contribution in [3.8, 4) is 6.07 Å². The minimum absolute atomic E-state index is 0.00181. The van der Waals surface area contributed by atoms with Crippen LogP contribution >= 0.6 is 0 Å². The van der Waals surface area contributed by atoms with Gasteiger partial charge in [0.15, 0.2) is 0 Å². The molecule has 0 bridgehead atoms. The summed E-state index contributed by atoms with van der Waals surface area (Å²) < 4.78 is 1.34. The van der Waals surface area contributed by atoms with Gasteiger partial charge in [-0.1, -0.05) is 5.10 Å². The Bertz CT molecular complexity index is 352. The maximum Gasteiger partial charge on any atom is 0.344 e. The highest BCUT2D eigenvalue weighted by Crippen LogP contribution is 2.10. The molecule has 0 aromatic carbocycles. The van der Waals surface area contributed by atoms with Crippen LogP contribution in [0.4, 0.5) is 5.82 Å². The van der Waals surface area contributed by atoms with E-state index in [0.717, 1.165) is 12.8 Å². The Labute approximate surface area is 80.9 Å². The first-order chi connectivity index (χ1) is 6.75. The van der Waals surface area contributed by atoms with Crippen LogP contribution in [0.1, 0.15) is 19.3 Å². The van der Waals surface area contributed by atoms with Crippen LogP contribution in [-0.2, 0) is 6.54 Å². The molecule has 0 radical (unpaired) electrons. The molecule has 0 aliphatic carbocycles. The number of rotatable bonds is 5. The predicted molar refractivity (Wildman–Crippen MR) is 48.3 cm³/mol. The molecular weight excluding hydrogens is 184 g/mol. The molecule has 0 aliphatic heterocycles. The maximum atomic E-state index is 10.5. The molecule has 1 rings (SSSR count). The van der Waals surface area contributed by atoms with Crippen LogP contribution in [-0.4, -0.2) is 14.7 Å². The third kappa shape index (κ3) is 2.55. The van der Waals surface area contributed by atoms with Gasteiger partial charge < -0.3 is 10.1 Å². The molecule has 0 atom stereocenters. The van der Waals surface area contributed by atoms with Crippen LogP contribution in [0.5, 0.6) is 0 Å². The van der Waals surface area contributed by atoms with E-state index in [0.29, 0.717) is 13.0 Å². The molecule has 0 spiro atoms. The lowest BCUT2D eigenvalue weighted by Crippen LogP contribution is -2.04. The van der Waals surface area contributed by atoms with Crippen molar-refractivity contribution in [3.63, 3.8) is 0 Å². The lowest BCUT2D eigenvalue weighted by molar-refractivity contribution is -0.392. The van der Waals surface area contributed by atoms with Crippen molar-refractivity contribution in [1.29, 1.82) is 5.26 Å². The number of hydrogen-bond donors (Lipinski definition) is 0. The molecule has 0 aliphatic rings. The van der Waals surface area contributed by atoms with Gasteiger partial charge in [-0.25, -0.2) is 0 Å². The average Bonchev–Trinajstić information content (AvgIpc) is 2.60. The second-order valence-electron chi connectivity index (χ2n) is 2.78. The molecule has 1 aromatic heterocycles. The van der Waals surface area contributed by atoms with Gasteiger partial charge >= 0.3 is 5.82 Å². The maximum absolute atomic E-state index is 10.5. The van der Waals surface area contributed by atoms with Crippen LogP contribution in [0.25, 0.3) is 0 Å². The highest BCUT2D eigenvalue weighted by atomic mass is 16.6. The van der Waals surface area contributed by atoms with Gasteiger partial charge in [0.1, 0.15) is 6.54 Å². The minimum atomic E-state index is -0.461. The van der Waals surface area contributed by atoms with Crippen molar-refractivity contribution in [2.24, 2.45) is 0 Å². The number of aromatic nitrogens is 2. The SMILES string of the molecule is N#CCCCCn1nccc1[N+](=O)[O-]. The van der Waals surface area contributed by atoms with E-state index in [1.165, 1.54) is 16.9 Å². The lowest BCUT2D eigenvalue weighted by Gasteiger charge is -1.97. The number of hydrogen-bond acceptors (Lipinski definition) is 4. The van der Waals surface area contributed by atoms with E-state index < -0.39 is 4.92 Å². The summed E-state index contributed by atoms with van der Waals surface area (Å²) in [6, 6.07) is 3.39. The van der Waals surface area contributed by atoms with Gasteiger partial charge in [-0.15, -0.1) is 4.68 Å². The molecule has 0 saturated carbocycles. The number of nitro groups is 1. The third-order valence-corrected chi connectivity index (χ3v) is 1.79. The molecule has 0 saturated heterocycles. The summed E-state index contributed by atoms with van der Waals surface area (Å²) in [7, 11) is 0. The van der Waals surface area contributed by atoms with E-state index in [9.17, 15) is 10.1 Å². The fourth-order valence-electron chi connectivity index (χ4n) is 1.12. The first kappa shape index (κ1) is 10.2. The second-order valence-corrected chi connectivity index (χ2v) is 2.78. The average molecular weight is 194 g/mol. The van der Waals surface area contributed by atoms with Gasteiger partial charge in [-0.05, 0) is 17.8 Å². The summed E-state index contributed by atoms with van der Waals surface area (Å²) in [4.78, 5) is 10.0. The van der Waals surface area contributed by atoms with Crippen LogP contribution in [0, 0.1) is 21.4 Å². The first-order valence-corrected chi connectivity index (χ1v) is 4.29. The summed E-state index contributed by atoms with van der Waals surface area (Å²) in [6.07, 6.45) is 3.36. The van der Waals surface area contributed by atoms with Gasteiger partial charge in [0.25, 0.3) is 0 Å². The van der Waals surface area contributed by atoms with Crippen LogP contribution < -0.4 is 0 Å². The fraction of sp³-hybridized carbons (Fsp3) is 0.500. The molecular formula is C8H10N4O2. The molecule has 0 fully saturated rings. The molecule has 0 unspecified atom stereocenters. The van der Waals surface area contributed by atoms with Crippen molar-refractivity contribution in [3.05, 3.63) is 22.4 Å². The number of aryl methyl sites for hydroxylation is 1. The van der Waals surface area contributed by atoms with E-state index in [-0.39, 0.29) is 5.82 Å². The van der Waals surface area contributed by atoms with Gasteiger partial charge in [0, 0.05) is 6.42 Å². The Morgan fingerprint density at radius 1 is 1.64 bits per heavy atom. The smallest absolute Gasteiger partial charge is 0.344 e. The third-order valence-electron chi connectivity index (χ3n) is 1.79. The zero-order valence-electron chi connectivity index (χ0n) is 7.59. The number of unbranched alkanes of at least 4 members (excludes halogenated alkanes) is 2. The highest BCUT2D eigenvalue weighted by molar-refractivity contribution is 5.15. The number of nitrogens with zero attached hydrogens (tertiary/aromatic N) is 4. The van der Waals surface area contributed by atoms with Crippen LogP contribution in [0.2, 0.25) is 0 Å². The molecule has 74 valence electrons. The van der Waals surface area contributed by atoms with Gasteiger partial charge in [-0.3, -0.25) is 0 Å². The Hall–Kier alpha value is -1.90. The molecule has 6 nitrogen and oxygen atoms in total. The minimum Gasteiger partial charge on any atom is -0.358 e. The van der Waals surface area contributed by atoms with Crippen molar-refractivity contribution in [1.82, 2.24) is 9.78 Å². The van der Waals surface area contributed by atoms with E-state index in [1.54, 1.807) is 0 Å². The molecule has 6 heteroatoms. The zero-order valence-corrected chi connectivity index (χ0v) is 7.59. The zero-order chi connectivity index (χ0) is 10.4. The Kier molecular flexibility index (Phi) is 3.61. The molecule has 0 N–H and O–H groups in total. The highest BCUT2D eigenvalue weighted by Gasteiger charge is 2.12. The predicted octanol–water partition coefficient (Wildman–Crippen LogP) is 1.49. The molecule has 1 heterocycles. The van der Waals surface area contributed by atoms with E-state index in [4.69, 9.17) is 5.26 Å². The van der Waals surface area contributed by atoms with Gasteiger partial charge in [0.05, 0.1) is 18.3 Å². The Balaban J connectivity index is 2.47.